The van der Waals surface area contributed by atoms with E-state index in [-0.39, 0.29) is 5.56 Å². The second kappa shape index (κ2) is 4.40. The molecule has 1 N–H and O–H groups in total. The van der Waals surface area contributed by atoms with Gasteiger partial charge in [0.25, 0.3) is 5.56 Å². The van der Waals surface area contributed by atoms with Crippen molar-refractivity contribution >= 4 is 0 Å². The highest BCUT2D eigenvalue weighted by atomic mass is 16.1. The molecule has 0 aliphatic heterocycles. The Balaban J connectivity index is 2.02. The first-order valence-electron chi connectivity index (χ1n) is 6.33. The molecule has 1 saturated carbocycles. The van der Waals surface area contributed by atoms with E-state index < -0.39 is 0 Å². The second-order valence-electron chi connectivity index (χ2n) is 4.87. The lowest BCUT2D eigenvalue weighted by Gasteiger charge is -2.08. The lowest BCUT2D eigenvalue weighted by atomic mass is 10.0. The number of aryl methyl sites for hydroxylation is 1. The quantitative estimate of drug-likeness (QED) is 0.876. The lowest BCUT2D eigenvalue weighted by molar-refractivity contribution is 0.692. The van der Waals surface area contributed by atoms with Gasteiger partial charge in [0.15, 0.2) is 5.82 Å². The molecule has 0 bridgehead atoms. The van der Waals surface area contributed by atoms with Crippen LogP contribution in [0.5, 0.6) is 0 Å². The minimum Gasteiger partial charge on any atom is -0.305 e. The van der Waals surface area contributed by atoms with Gasteiger partial charge in [0.05, 0.1) is 5.69 Å². The maximum Gasteiger partial charge on any atom is 0.251 e. The number of aromatic nitrogens is 4. The summed E-state index contributed by atoms with van der Waals surface area (Å²) >= 11 is 0. The van der Waals surface area contributed by atoms with Gasteiger partial charge in [-0.15, -0.1) is 0 Å². The third-order valence-electron chi connectivity index (χ3n) is 3.49. The number of nitrogens with one attached hydrogen (secondary N) is 1. The van der Waals surface area contributed by atoms with E-state index in [2.05, 4.69) is 15.1 Å². The molecule has 2 heterocycles. The predicted molar refractivity (Wildman–Crippen MR) is 68.3 cm³/mol. The van der Waals surface area contributed by atoms with Crippen LogP contribution in [0.25, 0.3) is 11.5 Å². The zero-order valence-electron chi connectivity index (χ0n) is 10.4. The van der Waals surface area contributed by atoms with Crippen LogP contribution in [0, 0.1) is 0 Å². The Morgan fingerprint density at radius 3 is 2.83 bits per heavy atom. The summed E-state index contributed by atoms with van der Waals surface area (Å²) in [5.74, 6) is 1.01. The zero-order valence-corrected chi connectivity index (χ0v) is 10.4. The summed E-state index contributed by atoms with van der Waals surface area (Å²) in [4.78, 5) is 19.0. The highest BCUT2D eigenvalue weighted by Crippen LogP contribution is 2.32. The molecule has 2 aromatic heterocycles. The molecule has 94 valence electrons. The molecule has 1 aliphatic rings. The van der Waals surface area contributed by atoms with E-state index >= 15 is 0 Å². The summed E-state index contributed by atoms with van der Waals surface area (Å²) in [6, 6.07) is 3.49. The maximum atomic E-state index is 11.7. The molecule has 0 amide bonds. The normalized spacial score (nSPS) is 16.3. The average molecular weight is 244 g/mol. The Morgan fingerprint density at radius 1 is 1.39 bits per heavy atom. The summed E-state index contributed by atoms with van der Waals surface area (Å²) < 4.78 is 1.71. The number of hydrogen-bond acceptors (Lipinski definition) is 3. The van der Waals surface area contributed by atoms with Crippen LogP contribution in [0.1, 0.15) is 37.3 Å². The van der Waals surface area contributed by atoms with Crippen molar-refractivity contribution < 1.29 is 0 Å². The van der Waals surface area contributed by atoms with Gasteiger partial charge in [-0.1, -0.05) is 12.8 Å². The van der Waals surface area contributed by atoms with Crippen molar-refractivity contribution in [3.8, 4) is 11.5 Å². The van der Waals surface area contributed by atoms with E-state index in [0.29, 0.717) is 11.7 Å². The van der Waals surface area contributed by atoms with E-state index in [1.165, 1.54) is 12.8 Å². The molecule has 0 spiro atoms. The summed E-state index contributed by atoms with van der Waals surface area (Å²) in [5.41, 5.74) is 1.54. The van der Waals surface area contributed by atoms with Gasteiger partial charge < -0.3 is 4.98 Å². The first-order chi connectivity index (χ1) is 8.72. The molecule has 0 atom stereocenters. The molecule has 1 fully saturated rings. The van der Waals surface area contributed by atoms with E-state index in [0.717, 1.165) is 24.2 Å². The lowest BCUT2D eigenvalue weighted by Crippen LogP contribution is -2.12. The van der Waals surface area contributed by atoms with Crippen molar-refractivity contribution in [1.82, 2.24) is 19.7 Å². The van der Waals surface area contributed by atoms with Crippen molar-refractivity contribution in [2.45, 2.75) is 31.6 Å². The Hall–Kier alpha value is -1.91. The van der Waals surface area contributed by atoms with E-state index in [4.69, 9.17) is 0 Å². The number of H-pyrrole nitrogens is 1. The van der Waals surface area contributed by atoms with Crippen molar-refractivity contribution in [3.63, 3.8) is 0 Å². The van der Waals surface area contributed by atoms with E-state index in [9.17, 15) is 4.79 Å². The standard InChI is InChI=1S/C13H16N4O/c1-17-7-6-10(16-17)13-14-11(8-12(18)15-13)9-4-2-3-5-9/h6-9H,2-5H2,1H3,(H,14,15,18). The van der Waals surface area contributed by atoms with Crippen molar-refractivity contribution in [2.75, 3.05) is 0 Å². The molecule has 0 saturated heterocycles. The summed E-state index contributed by atoms with van der Waals surface area (Å²) in [7, 11) is 1.85. The molecule has 18 heavy (non-hydrogen) atoms. The fourth-order valence-corrected chi connectivity index (χ4v) is 2.57. The molecule has 5 heteroatoms. The van der Waals surface area contributed by atoms with Crippen LogP contribution in [-0.2, 0) is 7.05 Å². The van der Waals surface area contributed by atoms with Gasteiger partial charge in [0, 0.05) is 25.2 Å². The monoisotopic (exact) mass is 244 g/mol. The molecule has 1 aliphatic carbocycles. The van der Waals surface area contributed by atoms with E-state index in [1.807, 2.05) is 19.3 Å². The average Bonchev–Trinajstić information content (AvgIpc) is 2.98. The number of rotatable bonds is 2. The number of aromatic amines is 1. The van der Waals surface area contributed by atoms with Crippen LogP contribution in [0.15, 0.2) is 23.1 Å². The molecule has 0 radical (unpaired) electrons. The van der Waals surface area contributed by atoms with Gasteiger partial charge in [-0.05, 0) is 18.9 Å². The molecular formula is C13H16N4O. The molecule has 5 nitrogen and oxygen atoms in total. The summed E-state index contributed by atoms with van der Waals surface area (Å²) in [5, 5.41) is 4.27. The fraction of sp³-hybridized carbons (Fsp3) is 0.462. The molecule has 3 rings (SSSR count). The highest BCUT2D eigenvalue weighted by molar-refractivity contribution is 5.47. The third-order valence-corrected chi connectivity index (χ3v) is 3.49. The Kier molecular flexibility index (Phi) is 2.74. The fourth-order valence-electron chi connectivity index (χ4n) is 2.57. The molecular weight excluding hydrogens is 228 g/mol. The first kappa shape index (κ1) is 11.2. The van der Waals surface area contributed by atoms with Gasteiger partial charge in [-0.3, -0.25) is 9.48 Å². The van der Waals surface area contributed by atoms with Gasteiger partial charge in [0.1, 0.15) is 5.69 Å². The van der Waals surface area contributed by atoms with Crippen LogP contribution < -0.4 is 5.56 Å². The van der Waals surface area contributed by atoms with Crippen LogP contribution in [0.4, 0.5) is 0 Å². The number of nitrogens with zero attached hydrogens (tertiary/aromatic N) is 3. The largest absolute Gasteiger partial charge is 0.305 e. The van der Waals surface area contributed by atoms with Gasteiger partial charge in [-0.2, -0.15) is 5.10 Å². The summed E-state index contributed by atoms with van der Waals surface area (Å²) in [6.45, 7) is 0. The molecule has 0 unspecified atom stereocenters. The second-order valence-corrected chi connectivity index (χ2v) is 4.87. The van der Waals surface area contributed by atoms with Crippen molar-refractivity contribution in [3.05, 3.63) is 34.4 Å². The van der Waals surface area contributed by atoms with Gasteiger partial charge in [0.2, 0.25) is 0 Å². The SMILES string of the molecule is Cn1ccc(-c2nc(C3CCCC3)cc(=O)[nH]2)n1. The van der Waals surface area contributed by atoms with Crippen LogP contribution in [0.3, 0.4) is 0 Å². The highest BCUT2D eigenvalue weighted by Gasteiger charge is 2.20. The number of hydrogen-bond donors (Lipinski definition) is 1. The summed E-state index contributed by atoms with van der Waals surface area (Å²) in [6.07, 6.45) is 6.59. The molecule has 2 aromatic rings. The van der Waals surface area contributed by atoms with Gasteiger partial charge in [-0.25, -0.2) is 4.98 Å². The molecule has 0 aromatic carbocycles. The van der Waals surface area contributed by atoms with Crippen LogP contribution in [-0.4, -0.2) is 19.7 Å². The Bertz CT molecular complexity index is 607. The van der Waals surface area contributed by atoms with Crippen molar-refractivity contribution in [2.24, 2.45) is 7.05 Å². The van der Waals surface area contributed by atoms with Crippen LogP contribution >= 0.6 is 0 Å². The minimum absolute atomic E-state index is 0.0902. The van der Waals surface area contributed by atoms with Gasteiger partial charge >= 0.3 is 0 Å². The minimum atomic E-state index is -0.0902. The van der Waals surface area contributed by atoms with E-state index in [1.54, 1.807) is 10.7 Å². The Morgan fingerprint density at radius 2 is 2.17 bits per heavy atom. The topological polar surface area (TPSA) is 63.6 Å². The van der Waals surface area contributed by atoms with Crippen molar-refractivity contribution in [1.29, 1.82) is 0 Å². The smallest absolute Gasteiger partial charge is 0.251 e. The third kappa shape index (κ3) is 2.08. The maximum absolute atomic E-state index is 11.7. The first-order valence-corrected chi connectivity index (χ1v) is 6.33. The predicted octanol–water partition coefficient (Wildman–Crippen LogP) is 1.83. The Labute approximate surface area is 105 Å². The van der Waals surface area contributed by atoms with Crippen LogP contribution in [0.2, 0.25) is 0 Å². The zero-order chi connectivity index (χ0) is 12.5.